The summed E-state index contributed by atoms with van der Waals surface area (Å²) in [6, 6.07) is 5.77. The SMILES string of the molecule is CCOc1cc(CC(N)CC)ccc1OCC(=O)OC. The van der Waals surface area contributed by atoms with Gasteiger partial charge in [0.1, 0.15) is 0 Å². The van der Waals surface area contributed by atoms with E-state index in [4.69, 9.17) is 15.2 Å². The van der Waals surface area contributed by atoms with Gasteiger partial charge in [-0.25, -0.2) is 4.79 Å². The van der Waals surface area contributed by atoms with Crippen LogP contribution in [0.15, 0.2) is 18.2 Å². The van der Waals surface area contributed by atoms with Crippen molar-refractivity contribution in [2.24, 2.45) is 5.73 Å². The topological polar surface area (TPSA) is 70.8 Å². The highest BCUT2D eigenvalue weighted by Crippen LogP contribution is 2.29. The smallest absolute Gasteiger partial charge is 0.343 e. The number of nitrogens with two attached hydrogens (primary N) is 1. The van der Waals surface area contributed by atoms with E-state index in [9.17, 15) is 4.79 Å². The Morgan fingerprint density at radius 3 is 2.60 bits per heavy atom. The van der Waals surface area contributed by atoms with E-state index in [0.29, 0.717) is 18.1 Å². The van der Waals surface area contributed by atoms with Crippen LogP contribution in [-0.4, -0.2) is 32.3 Å². The van der Waals surface area contributed by atoms with Gasteiger partial charge in [0.15, 0.2) is 18.1 Å². The molecule has 0 aliphatic rings. The second-order valence-corrected chi connectivity index (χ2v) is 4.45. The molecule has 112 valence electrons. The molecule has 0 aliphatic carbocycles. The van der Waals surface area contributed by atoms with Crippen molar-refractivity contribution in [3.05, 3.63) is 23.8 Å². The lowest BCUT2D eigenvalue weighted by molar-refractivity contribution is -0.142. The molecule has 2 N–H and O–H groups in total. The monoisotopic (exact) mass is 281 g/mol. The Hall–Kier alpha value is -1.75. The molecule has 20 heavy (non-hydrogen) atoms. The molecule has 0 aromatic heterocycles. The van der Waals surface area contributed by atoms with E-state index in [0.717, 1.165) is 18.4 Å². The number of esters is 1. The Balaban J connectivity index is 2.81. The zero-order valence-electron chi connectivity index (χ0n) is 12.3. The highest BCUT2D eigenvalue weighted by atomic mass is 16.6. The summed E-state index contributed by atoms with van der Waals surface area (Å²) < 4.78 is 15.5. The summed E-state index contributed by atoms with van der Waals surface area (Å²) >= 11 is 0. The maximum absolute atomic E-state index is 11.1. The van der Waals surface area contributed by atoms with Gasteiger partial charge in [0, 0.05) is 6.04 Å². The van der Waals surface area contributed by atoms with Crippen LogP contribution in [0.25, 0.3) is 0 Å². The third kappa shape index (κ3) is 5.09. The van der Waals surface area contributed by atoms with Crippen LogP contribution in [-0.2, 0) is 16.0 Å². The molecule has 5 heteroatoms. The summed E-state index contributed by atoms with van der Waals surface area (Å²) in [7, 11) is 1.32. The van der Waals surface area contributed by atoms with E-state index in [-0.39, 0.29) is 12.6 Å². The van der Waals surface area contributed by atoms with E-state index < -0.39 is 5.97 Å². The van der Waals surface area contributed by atoms with Crippen molar-refractivity contribution in [2.45, 2.75) is 32.7 Å². The maximum Gasteiger partial charge on any atom is 0.343 e. The van der Waals surface area contributed by atoms with Crippen LogP contribution in [0, 0.1) is 0 Å². The van der Waals surface area contributed by atoms with Crippen molar-refractivity contribution in [3.63, 3.8) is 0 Å². The standard InChI is InChI=1S/C15H23NO4/c1-4-12(16)8-11-6-7-13(14(9-11)19-5-2)20-10-15(17)18-3/h6-7,9,12H,4-5,8,10,16H2,1-3H3. The van der Waals surface area contributed by atoms with Gasteiger partial charge in [0.2, 0.25) is 0 Å². The van der Waals surface area contributed by atoms with Gasteiger partial charge < -0.3 is 19.9 Å². The largest absolute Gasteiger partial charge is 0.490 e. The van der Waals surface area contributed by atoms with Crippen LogP contribution >= 0.6 is 0 Å². The molecule has 1 rings (SSSR count). The fourth-order valence-electron chi connectivity index (χ4n) is 1.71. The number of benzene rings is 1. The molecule has 1 unspecified atom stereocenters. The maximum atomic E-state index is 11.1. The first-order chi connectivity index (χ1) is 9.60. The van der Waals surface area contributed by atoms with Gasteiger partial charge in [-0.05, 0) is 37.5 Å². The number of methoxy groups -OCH3 is 1. The van der Waals surface area contributed by atoms with Crippen molar-refractivity contribution >= 4 is 5.97 Å². The average Bonchev–Trinajstić information content (AvgIpc) is 2.46. The molecule has 0 aliphatic heterocycles. The zero-order chi connectivity index (χ0) is 15.0. The minimum atomic E-state index is -0.426. The van der Waals surface area contributed by atoms with E-state index in [1.165, 1.54) is 7.11 Å². The van der Waals surface area contributed by atoms with E-state index in [1.807, 2.05) is 19.1 Å². The summed E-state index contributed by atoms with van der Waals surface area (Å²) in [5.74, 6) is 0.729. The zero-order valence-corrected chi connectivity index (χ0v) is 12.3. The molecule has 0 radical (unpaired) electrons. The van der Waals surface area contributed by atoms with Gasteiger partial charge in [-0.3, -0.25) is 0 Å². The molecule has 5 nitrogen and oxygen atoms in total. The van der Waals surface area contributed by atoms with Crippen molar-refractivity contribution < 1.29 is 19.0 Å². The molecule has 0 fully saturated rings. The van der Waals surface area contributed by atoms with Crippen LogP contribution in [0.3, 0.4) is 0 Å². The molecule has 0 bridgehead atoms. The van der Waals surface area contributed by atoms with Gasteiger partial charge in [-0.1, -0.05) is 13.0 Å². The molecule has 1 atom stereocenters. The van der Waals surface area contributed by atoms with Crippen LogP contribution in [0.2, 0.25) is 0 Å². The summed E-state index contributed by atoms with van der Waals surface area (Å²) in [5.41, 5.74) is 7.04. The Morgan fingerprint density at radius 2 is 2.00 bits per heavy atom. The van der Waals surface area contributed by atoms with Gasteiger partial charge in [0.05, 0.1) is 13.7 Å². The fourth-order valence-corrected chi connectivity index (χ4v) is 1.71. The quantitative estimate of drug-likeness (QED) is 0.737. The van der Waals surface area contributed by atoms with Gasteiger partial charge >= 0.3 is 5.97 Å². The van der Waals surface area contributed by atoms with Crippen LogP contribution < -0.4 is 15.2 Å². The molecular weight excluding hydrogens is 258 g/mol. The summed E-state index contributed by atoms with van der Waals surface area (Å²) in [6.07, 6.45) is 1.71. The van der Waals surface area contributed by atoms with E-state index >= 15 is 0 Å². The molecule has 0 saturated carbocycles. The minimum Gasteiger partial charge on any atom is -0.490 e. The Labute approximate surface area is 120 Å². The highest BCUT2D eigenvalue weighted by Gasteiger charge is 2.10. The second kappa shape index (κ2) is 8.43. The minimum absolute atomic E-state index is 0.131. The molecule has 0 amide bonds. The lowest BCUT2D eigenvalue weighted by atomic mass is 10.0. The fraction of sp³-hybridized carbons (Fsp3) is 0.533. The van der Waals surface area contributed by atoms with Crippen molar-refractivity contribution in [3.8, 4) is 11.5 Å². The van der Waals surface area contributed by atoms with Crippen LogP contribution in [0.5, 0.6) is 11.5 Å². The number of carbonyl (C=O) groups is 1. The second-order valence-electron chi connectivity index (χ2n) is 4.45. The Bertz CT molecular complexity index is 434. The van der Waals surface area contributed by atoms with Crippen LogP contribution in [0.1, 0.15) is 25.8 Å². The Kier molecular flexibility index (Phi) is 6.87. The molecular formula is C15H23NO4. The first-order valence-electron chi connectivity index (χ1n) is 6.81. The summed E-state index contributed by atoms with van der Waals surface area (Å²) in [4.78, 5) is 11.1. The van der Waals surface area contributed by atoms with Gasteiger partial charge in [-0.15, -0.1) is 0 Å². The van der Waals surface area contributed by atoms with Crippen molar-refractivity contribution in [2.75, 3.05) is 20.3 Å². The Morgan fingerprint density at radius 1 is 1.25 bits per heavy atom. The van der Waals surface area contributed by atoms with Gasteiger partial charge in [-0.2, -0.15) is 0 Å². The first-order valence-corrected chi connectivity index (χ1v) is 6.81. The lowest BCUT2D eigenvalue weighted by Gasteiger charge is -2.14. The molecule has 0 spiro atoms. The van der Waals surface area contributed by atoms with E-state index in [2.05, 4.69) is 11.7 Å². The number of hydrogen-bond donors (Lipinski definition) is 1. The molecule has 0 saturated heterocycles. The molecule has 0 heterocycles. The number of ether oxygens (including phenoxy) is 3. The predicted molar refractivity (Wildman–Crippen MR) is 77.1 cm³/mol. The average molecular weight is 281 g/mol. The van der Waals surface area contributed by atoms with E-state index in [1.54, 1.807) is 6.07 Å². The third-order valence-corrected chi connectivity index (χ3v) is 2.90. The van der Waals surface area contributed by atoms with Crippen molar-refractivity contribution in [1.82, 2.24) is 0 Å². The summed E-state index contributed by atoms with van der Waals surface area (Å²) in [6.45, 7) is 4.35. The molecule has 1 aromatic carbocycles. The number of rotatable bonds is 8. The van der Waals surface area contributed by atoms with Gasteiger partial charge in [0.25, 0.3) is 0 Å². The number of hydrogen-bond acceptors (Lipinski definition) is 5. The predicted octanol–water partition coefficient (Wildman–Crippen LogP) is 1.92. The lowest BCUT2D eigenvalue weighted by Crippen LogP contribution is -2.21. The molecule has 1 aromatic rings. The highest BCUT2D eigenvalue weighted by molar-refractivity contribution is 5.71. The normalized spacial score (nSPS) is 11.8. The third-order valence-electron chi connectivity index (χ3n) is 2.90. The van der Waals surface area contributed by atoms with Crippen LogP contribution in [0.4, 0.5) is 0 Å². The summed E-state index contributed by atoms with van der Waals surface area (Å²) in [5, 5.41) is 0. The first kappa shape index (κ1) is 16.3. The van der Waals surface area contributed by atoms with Crippen molar-refractivity contribution in [1.29, 1.82) is 0 Å². The number of carbonyl (C=O) groups excluding carboxylic acids is 1.